The third-order valence-electron chi connectivity index (χ3n) is 4.15. The number of pyridine rings is 1. The minimum absolute atomic E-state index is 0. The van der Waals surface area contributed by atoms with Gasteiger partial charge in [-0.3, -0.25) is 14.5 Å². The van der Waals surface area contributed by atoms with Crippen molar-refractivity contribution in [2.75, 3.05) is 25.6 Å². The number of nitrogens with two attached hydrogens (primary N) is 1. The molecule has 1 aromatic heterocycles. The molecule has 0 bridgehead atoms. The van der Waals surface area contributed by atoms with Gasteiger partial charge in [0, 0.05) is 13.2 Å². The van der Waals surface area contributed by atoms with Crippen molar-refractivity contribution in [2.24, 2.45) is 0 Å². The molecular formula is C18H21ClN3O5P. The van der Waals surface area contributed by atoms with Gasteiger partial charge in [0.15, 0.2) is 0 Å². The van der Waals surface area contributed by atoms with E-state index < -0.39 is 13.5 Å². The number of nitrogens with zero attached hydrogens (tertiary/aromatic N) is 2. The molecule has 1 unspecified atom stereocenters. The Labute approximate surface area is 169 Å². The number of imide groups is 1. The van der Waals surface area contributed by atoms with Crippen LogP contribution >= 0.6 is 20.0 Å². The van der Waals surface area contributed by atoms with E-state index in [0.29, 0.717) is 17.8 Å². The van der Waals surface area contributed by atoms with Gasteiger partial charge in [0.25, 0.3) is 11.8 Å². The fraction of sp³-hybridized carbons (Fsp3) is 0.278. The van der Waals surface area contributed by atoms with Crippen molar-refractivity contribution >= 4 is 37.6 Å². The molecule has 0 fully saturated rings. The topological polar surface area (TPSA) is 112 Å². The van der Waals surface area contributed by atoms with E-state index in [-0.39, 0.29) is 42.4 Å². The Hall–Kier alpha value is -2.41. The summed E-state index contributed by atoms with van der Waals surface area (Å²) in [6, 6.07) is 7.90. The average Bonchev–Trinajstić information content (AvgIpc) is 2.86. The highest BCUT2D eigenvalue weighted by Crippen LogP contribution is 2.49. The molecular weight excluding hydrogens is 405 g/mol. The first-order valence-corrected chi connectivity index (χ1v) is 10.2. The summed E-state index contributed by atoms with van der Waals surface area (Å²) in [4.78, 5) is 29.1. The van der Waals surface area contributed by atoms with Crippen LogP contribution in [0.4, 0.5) is 5.82 Å². The van der Waals surface area contributed by atoms with Gasteiger partial charge in [-0.25, -0.2) is 9.55 Å². The van der Waals surface area contributed by atoms with E-state index in [1.54, 1.807) is 25.3 Å². The lowest BCUT2D eigenvalue weighted by molar-refractivity contribution is 0.0693. The van der Waals surface area contributed by atoms with E-state index in [4.69, 9.17) is 14.8 Å². The zero-order valence-electron chi connectivity index (χ0n) is 15.5. The molecule has 8 nitrogen and oxygen atoms in total. The van der Waals surface area contributed by atoms with Crippen molar-refractivity contribution in [3.8, 4) is 5.75 Å². The lowest BCUT2D eigenvalue weighted by atomic mass is 10.1. The summed E-state index contributed by atoms with van der Waals surface area (Å²) in [5.74, 6) is -0.159. The zero-order valence-corrected chi connectivity index (χ0v) is 17.2. The molecule has 28 heavy (non-hydrogen) atoms. The normalized spacial score (nSPS) is 15.0. The number of aromatic nitrogens is 1. The van der Waals surface area contributed by atoms with E-state index >= 15 is 0 Å². The number of hydrogen-bond acceptors (Lipinski definition) is 7. The largest absolute Gasteiger partial charge is 0.424 e. The molecule has 1 aromatic carbocycles. The highest BCUT2D eigenvalue weighted by molar-refractivity contribution is 7.54. The average molecular weight is 426 g/mol. The van der Waals surface area contributed by atoms with Crippen molar-refractivity contribution in [1.29, 1.82) is 0 Å². The number of fused-ring (bicyclic) bond motifs is 1. The SMILES string of the molecule is CCOP(=O)(CCc1ccc(N)nc1)Oc1ccc2c(c1)C(=O)N(C)C2=O.Cl. The molecule has 2 amide bonds. The number of rotatable bonds is 7. The maximum absolute atomic E-state index is 13.1. The minimum Gasteiger partial charge on any atom is -0.424 e. The third kappa shape index (κ3) is 4.52. The third-order valence-corrected chi connectivity index (χ3v) is 6.07. The van der Waals surface area contributed by atoms with Crippen molar-refractivity contribution in [3.05, 3.63) is 53.2 Å². The summed E-state index contributed by atoms with van der Waals surface area (Å²) in [7, 11) is -2.05. The molecule has 0 saturated heterocycles. The van der Waals surface area contributed by atoms with Crippen LogP contribution in [0.3, 0.4) is 0 Å². The summed E-state index contributed by atoms with van der Waals surface area (Å²) in [5.41, 5.74) is 6.94. The standard InChI is InChI=1S/C18H20N3O5P.ClH/c1-3-25-27(24,9-8-12-4-7-16(19)20-11-12)26-13-5-6-14-15(10-13)18(23)21(2)17(14)22;/h4-7,10-11H,3,8-9H2,1-2H3,(H2,19,20);1H. The monoisotopic (exact) mass is 425 g/mol. The molecule has 3 rings (SSSR count). The molecule has 0 radical (unpaired) electrons. The summed E-state index contributed by atoms with van der Waals surface area (Å²) < 4.78 is 24.1. The second-order valence-corrected chi connectivity index (χ2v) is 8.17. The molecule has 150 valence electrons. The Balaban J connectivity index is 0.00000280. The van der Waals surface area contributed by atoms with Crippen LogP contribution in [0.1, 0.15) is 33.2 Å². The van der Waals surface area contributed by atoms with E-state index in [0.717, 1.165) is 10.5 Å². The first kappa shape index (κ1) is 21.9. The number of aryl methyl sites for hydroxylation is 1. The predicted octanol–water partition coefficient (Wildman–Crippen LogP) is 3.16. The Morgan fingerprint density at radius 1 is 1.14 bits per heavy atom. The zero-order chi connectivity index (χ0) is 19.6. The Morgan fingerprint density at radius 3 is 2.50 bits per heavy atom. The Morgan fingerprint density at radius 2 is 1.86 bits per heavy atom. The van der Waals surface area contributed by atoms with Gasteiger partial charge in [0.05, 0.1) is 23.9 Å². The fourth-order valence-electron chi connectivity index (χ4n) is 2.74. The first-order valence-electron chi connectivity index (χ1n) is 8.43. The van der Waals surface area contributed by atoms with Crippen LogP contribution in [-0.4, -0.2) is 41.5 Å². The highest BCUT2D eigenvalue weighted by atomic mass is 35.5. The summed E-state index contributed by atoms with van der Waals surface area (Å²) in [6.45, 7) is 1.93. The summed E-state index contributed by atoms with van der Waals surface area (Å²) >= 11 is 0. The van der Waals surface area contributed by atoms with Gasteiger partial charge in [-0.1, -0.05) is 6.07 Å². The second kappa shape index (κ2) is 8.73. The van der Waals surface area contributed by atoms with Gasteiger partial charge in [0.1, 0.15) is 11.6 Å². The van der Waals surface area contributed by atoms with Gasteiger partial charge in [-0.05, 0) is 43.2 Å². The number of hydrogen-bond donors (Lipinski definition) is 1. The molecule has 0 spiro atoms. The number of halogens is 1. The molecule has 0 aliphatic carbocycles. The Kier molecular flexibility index (Phi) is 6.82. The quantitative estimate of drug-likeness (QED) is 0.535. The van der Waals surface area contributed by atoms with Crippen LogP contribution in [0.15, 0.2) is 36.5 Å². The van der Waals surface area contributed by atoms with Crippen LogP contribution in [0.5, 0.6) is 5.75 Å². The van der Waals surface area contributed by atoms with Gasteiger partial charge < -0.3 is 14.8 Å². The fourth-order valence-corrected chi connectivity index (χ4v) is 4.37. The van der Waals surface area contributed by atoms with Crippen molar-refractivity contribution in [2.45, 2.75) is 13.3 Å². The van der Waals surface area contributed by atoms with Crippen molar-refractivity contribution in [1.82, 2.24) is 9.88 Å². The molecule has 10 heteroatoms. The van der Waals surface area contributed by atoms with Crippen LogP contribution in [0.2, 0.25) is 0 Å². The minimum atomic E-state index is -3.46. The molecule has 2 N–H and O–H groups in total. The van der Waals surface area contributed by atoms with Gasteiger partial charge in [0.2, 0.25) is 0 Å². The number of nitrogen functional groups attached to an aromatic ring is 1. The van der Waals surface area contributed by atoms with Gasteiger partial charge >= 0.3 is 7.60 Å². The molecule has 0 saturated carbocycles. The predicted molar refractivity (Wildman–Crippen MR) is 107 cm³/mol. The van der Waals surface area contributed by atoms with Crippen LogP contribution in [0, 0.1) is 0 Å². The molecule has 1 aliphatic heterocycles. The summed E-state index contributed by atoms with van der Waals surface area (Å²) in [5, 5.41) is 0. The van der Waals surface area contributed by atoms with Crippen LogP contribution in [0.25, 0.3) is 0 Å². The maximum Gasteiger partial charge on any atom is 0.379 e. The number of carbonyl (C=O) groups excluding carboxylic acids is 2. The molecule has 2 aromatic rings. The number of amides is 2. The first-order chi connectivity index (χ1) is 12.8. The number of benzene rings is 1. The summed E-state index contributed by atoms with van der Waals surface area (Å²) in [6.07, 6.45) is 2.17. The van der Waals surface area contributed by atoms with Gasteiger partial charge in [-0.2, -0.15) is 0 Å². The van der Waals surface area contributed by atoms with Crippen molar-refractivity contribution < 1.29 is 23.2 Å². The number of carbonyl (C=O) groups is 2. The van der Waals surface area contributed by atoms with Crippen molar-refractivity contribution in [3.63, 3.8) is 0 Å². The lowest BCUT2D eigenvalue weighted by Crippen LogP contribution is -2.24. The maximum atomic E-state index is 13.1. The van der Waals surface area contributed by atoms with E-state index in [9.17, 15) is 14.2 Å². The van der Waals surface area contributed by atoms with Crippen LogP contribution in [-0.2, 0) is 15.5 Å². The number of anilines is 1. The van der Waals surface area contributed by atoms with Gasteiger partial charge in [-0.15, -0.1) is 12.4 Å². The Bertz CT molecular complexity index is 935. The van der Waals surface area contributed by atoms with E-state index in [2.05, 4.69) is 4.98 Å². The van der Waals surface area contributed by atoms with Crippen LogP contribution < -0.4 is 10.3 Å². The highest BCUT2D eigenvalue weighted by Gasteiger charge is 2.34. The second-order valence-electron chi connectivity index (χ2n) is 6.06. The molecule has 1 atom stereocenters. The smallest absolute Gasteiger partial charge is 0.379 e. The lowest BCUT2D eigenvalue weighted by Gasteiger charge is -2.19. The van der Waals surface area contributed by atoms with E-state index in [1.807, 2.05) is 0 Å². The molecule has 2 heterocycles. The molecule has 1 aliphatic rings. The van der Waals surface area contributed by atoms with E-state index in [1.165, 1.54) is 25.2 Å².